The van der Waals surface area contributed by atoms with Crippen molar-refractivity contribution in [3.8, 4) is 0 Å². The minimum atomic E-state index is -0.122. The molecule has 3 rings (SSSR count). The first kappa shape index (κ1) is 16.5. The van der Waals surface area contributed by atoms with Gasteiger partial charge in [-0.15, -0.1) is 0 Å². The lowest BCUT2D eigenvalue weighted by atomic mass is 9.82. The molecule has 0 aromatic heterocycles. The van der Waals surface area contributed by atoms with Gasteiger partial charge in [-0.3, -0.25) is 4.79 Å². The highest BCUT2D eigenvalue weighted by Gasteiger charge is 2.43. The Morgan fingerprint density at radius 1 is 1.22 bits per heavy atom. The van der Waals surface area contributed by atoms with E-state index in [0.717, 1.165) is 38.5 Å². The summed E-state index contributed by atoms with van der Waals surface area (Å²) < 4.78 is 5.08. The topological polar surface area (TPSA) is 46.5 Å². The summed E-state index contributed by atoms with van der Waals surface area (Å²) >= 11 is 0. The summed E-state index contributed by atoms with van der Waals surface area (Å²) in [6, 6.07) is 8.90. The second-order valence-corrected chi connectivity index (χ2v) is 7.15. The lowest BCUT2D eigenvalue weighted by Crippen LogP contribution is -2.18. The molecule has 0 radical (unpaired) electrons. The average Bonchev–Trinajstić information content (AvgIpc) is 3.33. The molecule has 1 N–H and O–H groups in total. The van der Waals surface area contributed by atoms with Crippen molar-refractivity contribution in [3.05, 3.63) is 35.4 Å². The molecule has 1 aromatic carbocycles. The quantitative estimate of drug-likeness (QED) is 0.811. The lowest BCUT2D eigenvalue weighted by Gasteiger charge is -2.26. The van der Waals surface area contributed by atoms with E-state index < -0.39 is 0 Å². The summed E-state index contributed by atoms with van der Waals surface area (Å²) in [6.07, 6.45) is 7.17. The third-order valence-electron chi connectivity index (χ3n) is 5.41. The monoisotopic (exact) mass is 316 g/mol. The zero-order chi connectivity index (χ0) is 16.2. The summed E-state index contributed by atoms with van der Waals surface area (Å²) in [7, 11) is 0. The average molecular weight is 316 g/mol. The van der Waals surface area contributed by atoms with Gasteiger partial charge in [0.1, 0.15) is 0 Å². The summed E-state index contributed by atoms with van der Waals surface area (Å²) in [5.74, 6) is 1.17. The minimum Gasteiger partial charge on any atom is -0.466 e. The van der Waals surface area contributed by atoms with Crippen LogP contribution >= 0.6 is 0 Å². The maximum absolute atomic E-state index is 11.6. The van der Waals surface area contributed by atoms with Gasteiger partial charge >= 0.3 is 5.97 Å². The number of aliphatic hydroxyl groups is 1. The van der Waals surface area contributed by atoms with Crippen LogP contribution in [0.15, 0.2) is 24.3 Å². The van der Waals surface area contributed by atoms with Crippen LogP contribution in [-0.4, -0.2) is 23.8 Å². The van der Waals surface area contributed by atoms with Crippen LogP contribution in [0.2, 0.25) is 0 Å². The molecule has 2 fully saturated rings. The number of carbonyl (C=O) groups is 1. The summed E-state index contributed by atoms with van der Waals surface area (Å²) in [6.45, 7) is 2.35. The van der Waals surface area contributed by atoms with Gasteiger partial charge in [-0.2, -0.15) is 0 Å². The largest absolute Gasteiger partial charge is 0.466 e. The molecule has 0 amide bonds. The number of ether oxygens (including phenoxy) is 1. The minimum absolute atomic E-state index is 0.0105. The second kappa shape index (κ2) is 7.48. The number of rotatable bonds is 6. The van der Waals surface area contributed by atoms with Crippen molar-refractivity contribution in [2.24, 2.45) is 11.8 Å². The first-order valence-corrected chi connectivity index (χ1v) is 9.11. The molecule has 2 saturated carbocycles. The molecule has 0 saturated heterocycles. The van der Waals surface area contributed by atoms with E-state index >= 15 is 0 Å². The summed E-state index contributed by atoms with van der Waals surface area (Å²) in [5, 5.41) is 9.82. The van der Waals surface area contributed by atoms with Crippen LogP contribution in [0.3, 0.4) is 0 Å². The number of hydrogen-bond acceptors (Lipinski definition) is 3. The SMILES string of the molecule is CCOC(=O)[C@H]1C[C@@H]1CCc1ccc([C@@H]2CCC[C@H](O)C2)cc1. The number of aryl methyl sites for hydroxylation is 1. The van der Waals surface area contributed by atoms with E-state index in [1.807, 2.05) is 6.92 Å². The molecule has 2 aliphatic rings. The van der Waals surface area contributed by atoms with Crippen LogP contribution in [0.25, 0.3) is 0 Å². The standard InChI is InChI=1S/C20H28O3/c1-2-23-20(22)19-13-17(19)11-8-14-6-9-15(10-7-14)16-4-3-5-18(21)12-16/h6-7,9-10,16-19,21H,2-5,8,11-13H2,1H3/t16-,17+,18+,19+/m1/s1. The van der Waals surface area contributed by atoms with Crippen LogP contribution in [0.4, 0.5) is 0 Å². The Labute approximate surface area is 139 Å². The van der Waals surface area contributed by atoms with Crippen LogP contribution in [0, 0.1) is 11.8 Å². The van der Waals surface area contributed by atoms with Crippen molar-refractivity contribution >= 4 is 5.97 Å². The summed E-state index contributed by atoms with van der Waals surface area (Å²) in [4.78, 5) is 11.6. The Morgan fingerprint density at radius 2 is 2.00 bits per heavy atom. The van der Waals surface area contributed by atoms with Gasteiger partial charge < -0.3 is 9.84 Å². The zero-order valence-corrected chi connectivity index (χ0v) is 14.0. The number of carbonyl (C=O) groups excluding carboxylic acids is 1. The Balaban J connectivity index is 1.46. The molecule has 1 aromatic rings. The normalized spacial score (nSPS) is 30.0. The third-order valence-corrected chi connectivity index (χ3v) is 5.41. The van der Waals surface area contributed by atoms with Gasteiger partial charge in [0.05, 0.1) is 18.6 Å². The van der Waals surface area contributed by atoms with Gasteiger partial charge in [0.2, 0.25) is 0 Å². The fourth-order valence-electron chi connectivity index (χ4n) is 3.88. The van der Waals surface area contributed by atoms with Gasteiger partial charge in [-0.25, -0.2) is 0 Å². The van der Waals surface area contributed by atoms with Gasteiger partial charge in [-0.1, -0.05) is 30.7 Å². The maximum Gasteiger partial charge on any atom is 0.309 e. The van der Waals surface area contributed by atoms with Gasteiger partial charge in [0.15, 0.2) is 0 Å². The predicted molar refractivity (Wildman–Crippen MR) is 90.2 cm³/mol. The highest BCUT2D eigenvalue weighted by atomic mass is 16.5. The first-order valence-electron chi connectivity index (χ1n) is 9.11. The van der Waals surface area contributed by atoms with E-state index in [9.17, 15) is 9.90 Å². The highest BCUT2D eigenvalue weighted by Crippen LogP contribution is 2.43. The molecule has 23 heavy (non-hydrogen) atoms. The second-order valence-electron chi connectivity index (χ2n) is 7.15. The number of aliphatic hydroxyl groups excluding tert-OH is 1. The fourth-order valence-corrected chi connectivity index (χ4v) is 3.88. The Hall–Kier alpha value is -1.35. The van der Waals surface area contributed by atoms with E-state index in [0.29, 0.717) is 18.4 Å². The van der Waals surface area contributed by atoms with Gasteiger partial charge in [-0.05, 0) is 68.4 Å². The Bertz CT molecular complexity index is 522. The van der Waals surface area contributed by atoms with Crippen molar-refractivity contribution in [1.82, 2.24) is 0 Å². The smallest absolute Gasteiger partial charge is 0.309 e. The van der Waals surface area contributed by atoms with Crippen molar-refractivity contribution in [3.63, 3.8) is 0 Å². The molecule has 0 spiro atoms. The van der Waals surface area contributed by atoms with Crippen LogP contribution in [-0.2, 0) is 16.0 Å². The molecule has 2 aliphatic carbocycles. The van der Waals surface area contributed by atoms with Crippen molar-refractivity contribution in [2.75, 3.05) is 6.61 Å². The van der Waals surface area contributed by atoms with Gasteiger partial charge in [0, 0.05) is 0 Å². The molecule has 0 unspecified atom stereocenters. The molecular formula is C20H28O3. The van der Waals surface area contributed by atoms with Gasteiger partial charge in [0.25, 0.3) is 0 Å². The van der Waals surface area contributed by atoms with E-state index in [4.69, 9.17) is 4.74 Å². The van der Waals surface area contributed by atoms with Crippen molar-refractivity contribution in [2.45, 2.75) is 63.9 Å². The zero-order valence-electron chi connectivity index (χ0n) is 14.0. The lowest BCUT2D eigenvalue weighted by molar-refractivity contribution is -0.145. The Kier molecular flexibility index (Phi) is 5.37. The van der Waals surface area contributed by atoms with Crippen molar-refractivity contribution in [1.29, 1.82) is 0 Å². The molecule has 3 nitrogen and oxygen atoms in total. The van der Waals surface area contributed by atoms with E-state index in [1.165, 1.54) is 17.5 Å². The maximum atomic E-state index is 11.6. The molecule has 0 bridgehead atoms. The molecule has 3 heteroatoms. The number of hydrogen-bond donors (Lipinski definition) is 1. The highest BCUT2D eigenvalue weighted by molar-refractivity contribution is 5.75. The number of benzene rings is 1. The Morgan fingerprint density at radius 3 is 2.70 bits per heavy atom. The van der Waals surface area contributed by atoms with E-state index in [-0.39, 0.29) is 18.0 Å². The molecular weight excluding hydrogens is 288 g/mol. The predicted octanol–water partition coefficient (Wildman–Crippen LogP) is 3.84. The first-order chi connectivity index (χ1) is 11.2. The molecule has 0 heterocycles. The van der Waals surface area contributed by atoms with E-state index in [2.05, 4.69) is 24.3 Å². The molecule has 0 aliphatic heterocycles. The van der Waals surface area contributed by atoms with Crippen LogP contribution < -0.4 is 0 Å². The van der Waals surface area contributed by atoms with Crippen LogP contribution in [0.1, 0.15) is 62.5 Å². The van der Waals surface area contributed by atoms with Crippen molar-refractivity contribution < 1.29 is 14.6 Å². The molecule has 4 atom stereocenters. The number of esters is 1. The fraction of sp³-hybridized carbons (Fsp3) is 0.650. The third kappa shape index (κ3) is 4.35. The van der Waals surface area contributed by atoms with E-state index in [1.54, 1.807) is 0 Å². The van der Waals surface area contributed by atoms with Crippen LogP contribution in [0.5, 0.6) is 0 Å². The molecule has 126 valence electrons. The summed E-state index contributed by atoms with van der Waals surface area (Å²) in [5.41, 5.74) is 2.71.